The number of hydrogen-bond donors (Lipinski definition) is 2. The van der Waals surface area contributed by atoms with Crippen LogP contribution in [0.25, 0.3) is 0 Å². The van der Waals surface area contributed by atoms with E-state index in [-0.39, 0.29) is 12.1 Å². The number of urea groups is 1. The van der Waals surface area contributed by atoms with Gasteiger partial charge < -0.3 is 10.6 Å². The molecule has 0 saturated carbocycles. The number of nitrogens with zero attached hydrogens (tertiary/aromatic N) is 1. The number of para-hydroxylation sites is 1. The predicted molar refractivity (Wildman–Crippen MR) is 91.3 cm³/mol. The maximum atomic E-state index is 12.1. The molecule has 3 rings (SSSR count). The molecule has 0 spiro atoms. The van der Waals surface area contributed by atoms with Gasteiger partial charge in [-0.2, -0.15) is 0 Å². The Balaban J connectivity index is 1.58. The number of benzene rings is 1. The number of nitrogens with one attached hydrogen (secondary N) is 2. The van der Waals surface area contributed by atoms with Gasteiger partial charge in [0.15, 0.2) is 0 Å². The summed E-state index contributed by atoms with van der Waals surface area (Å²) in [6, 6.07) is 13.9. The first-order valence-electron chi connectivity index (χ1n) is 7.70. The van der Waals surface area contributed by atoms with Crippen molar-refractivity contribution in [3.63, 3.8) is 0 Å². The highest BCUT2D eigenvalue weighted by Gasteiger charge is 2.24. The Morgan fingerprint density at radius 3 is 2.59 bits per heavy atom. The van der Waals surface area contributed by atoms with Crippen molar-refractivity contribution in [1.82, 2.24) is 10.2 Å². The number of likely N-dealkylation sites (tertiary alicyclic amines) is 1. The predicted octanol–water partition coefficient (Wildman–Crippen LogP) is 3.71. The quantitative estimate of drug-likeness (QED) is 0.883. The van der Waals surface area contributed by atoms with Gasteiger partial charge in [0, 0.05) is 17.1 Å². The summed E-state index contributed by atoms with van der Waals surface area (Å²) in [5, 5.41) is 7.98. The van der Waals surface area contributed by atoms with Gasteiger partial charge in [0.05, 0.1) is 6.04 Å². The third-order valence-corrected chi connectivity index (χ3v) is 4.91. The number of carbonyl (C=O) groups is 1. The van der Waals surface area contributed by atoms with E-state index < -0.39 is 0 Å². The van der Waals surface area contributed by atoms with E-state index in [1.165, 1.54) is 17.7 Å². The average Bonchev–Trinajstić information content (AvgIpc) is 3.22. The molecule has 116 valence electrons. The minimum atomic E-state index is -0.146. The Bertz CT molecular complexity index is 579. The summed E-state index contributed by atoms with van der Waals surface area (Å²) in [5.74, 6) is 0. The number of anilines is 1. The van der Waals surface area contributed by atoms with Gasteiger partial charge in [-0.05, 0) is 49.5 Å². The zero-order chi connectivity index (χ0) is 15.2. The lowest BCUT2D eigenvalue weighted by Gasteiger charge is -2.26. The van der Waals surface area contributed by atoms with Crippen molar-refractivity contribution in [3.05, 3.63) is 52.7 Å². The molecule has 1 aromatic carbocycles. The lowest BCUT2D eigenvalue weighted by Crippen LogP contribution is -2.38. The first kappa shape index (κ1) is 15.1. The summed E-state index contributed by atoms with van der Waals surface area (Å²) < 4.78 is 0. The molecule has 0 aliphatic carbocycles. The van der Waals surface area contributed by atoms with Crippen molar-refractivity contribution in [2.45, 2.75) is 18.9 Å². The van der Waals surface area contributed by atoms with E-state index in [1.54, 1.807) is 11.3 Å². The number of hydrogen-bond acceptors (Lipinski definition) is 3. The number of thiophene rings is 1. The van der Waals surface area contributed by atoms with Crippen LogP contribution in [-0.4, -0.2) is 30.6 Å². The van der Waals surface area contributed by atoms with Gasteiger partial charge in [-0.15, -0.1) is 11.3 Å². The fourth-order valence-corrected chi connectivity index (χ4v) is 3.69. The van der Waals surface area contributed by atoms with Crippen molar-refractivity contribution in [3.8, 4) is 0 Å². The fourth-order valence-electron chi connectivity index (χ4n) is 2.83. The molecule has 22 heavy (non-hydrogen) atoms. The second-order valence-electron chi connectivity index (χ2n) is 5.48. The van der Waals surface area contributed by atoms with Crippen molar-refractivity contribution in [2.24, 2.45) is 0 Å². The van der Waals surface area contributed by atoms with Crippen LogP contribution in [0.15, 0.2) is 47.8 Å². The SMILES string of the molecule is O=C(NC[C@H](c1cccs1)N1CCCC1)Nc1ccccc1. The van der Waals surface area contributed by atoms with E-state index in [0.29, 0.717) is 6.54 Å². The van der Waals surface area contributed by atoms with E-state index in [1.807, 2.05) is 30.3 Å². The molecule has 2 amide bonds. The summed E-state index contributed by atoms with van der Waals surface area (Å²) in [6.45, 7) is 2.87. The largest absolute Gasteiger partial charge is 0.336 e. The highest BCUT2D eigenvalue weighted by atomic mass is 32.1. The fraction of sp³-hybridized carbons (Fsp3) is 0.353. The van der Waals surface area contributed by atoms with E-state index in [2.05, 4.69) is 33.0 Å². The van der Waals surface area contributed by atoms with Crippen LogP contribution in [0.4, 0.5) is 10.5 Å². The molecule has 1 saturated heterocycles. The minimum Gasteiger partial charge on any atom is -0.336 e. The summed E-state index contributed by atoms with van der Waals surface area (Å²) in [5.41, 5.74) is 0.814. The Morgan fingerprint density at radius 2 is 1.91 bits per heavy atom. The van der Waals surface area contributed by atoms with Crippen LogP contribution in [-0.2, 0) is 0 Å². The molecule has 1 fully saturated rings. The number of amides is 2. The van der Waals surface area contributed by atoms with Gasteiger partial charge in [-0.1, -0.05) is 24.3 Å². The van der Waals surface area contributed by atoms with Crippen LogP contribution < -0.4 is 10.6 Å². The minimum absolute atomic E-state index is 0.146. The van der Waals surface area contributed by atoms with Gasteiger partial charge in [0.25, 0.3) is 0 Å². The van der Waals surface area contributed by atoms with Crippen molar-refractivity contribution in [1.29, 1.82) is 0 Å². The van der Waals surface area contributed by atoms with Crippen LogP contribution in [0.2, 0.25) is 0 Å². The lowest BCUT2D eigenvalue weighted by molar-refractivity contribution is 0.229. The van der Waals surface area contributed by atoms with Gasteiger partial charge >= 0.3 is 6.03 Å². The average molecular weight is 315 g/mol. The summed E-state index contributed by atoms with van der Waals surface area (Å²) in [4.78, 5) is 15.9. The standard InChI is InChI=1S/C17H21N3OS/c21-17(19-14-7-2-1-3-8-14)18-13-15(16-9-6-12-22-16)20-10-4-5-11-20/h1-3,6-9,12,15H,4-5,10-11,13H2,(H2,18,19,21)/t15-/m1/s1. The van der Waals surface area contributed by atoms with Crippen LogP contribution >= 0.6 is 11.3 Å². The third kappa shape index (κ3) is 3.87. The number of rotatable bonds is 5. The monoisotopic (exact) mass is 315 g/mol. The van der Waals surface area contributed by atoms with Crippen molar-refractivity contribution in [2.75, 3.05) is 25.0 Å². The molecule has 0 bridgehead atoms. The molecule has 2 heterocycles. The maximum absolute atomic E-state index is 12.1. The Labute approximate surface area is 135 Å². The lowest BCUT2D eigenvalue weighted by atomic mass is 10.2. The van der Waals surface area contributed by atoms with Crippen molar-refractivity contribution < 1.29 is 4.79 Å². The molecular weight excluding hydrogens is 294 g/mol. The van der Waals surface area contributed by atoms with E-state index in [4.69, 9.17) is 0 Å². The van der Waals surface area contributed by atoms with Crippen LogP contribution in [0, 0.1) is 0 Å². The molecular formula is C17H21N3OS. The second kappa shape index (κ2) is 7.42. The first-order chi connectivity index (χ1) is 10.8. The summed E-state index contributed by atoms with van der Waals surface area (Å²) in [7, 11) is 0. The van der Waals surface area contributed by atoms with Gasteiger partial charge in [0.2, 0.25) is 0 Å². The van der Waals surface area contributed by atoms with E-state index >= 15 is 0 Å². The molecule has 1 atom stereocenters. The zero-order valence-corrected chi connectivity index (χ0v) is 13.3. The molecule has 2 N–H and O–H groups in total. The smallest absolute Gasteiger partial charge is 0.319 e. The zero-order valence-electron chi connectivity index (χ0n) is 12.5. The molecule has 2 aromatic rings. The topological polar surface area (TPSA) is 44.4 Å². The number of carbonyl (C=O) groups excluding carboxylic acids is 1. The molecule has 1 aliphatic heterocycles. The van der Waals surface area contributed by atoms with Gasteiger partial charge in [0.1, 0.15) is 0 Å². The molecule has 0 radical (unpaired) electrons. The molecule has 1 aliphatic rings. The van der Waals surface area contributed by atoms with Gasteiger partial charge in [-0.3, -0.25) is 4.90 Å². The summed E-state index contributed by atoms with van der Waals surface area (Å²) >= 11 is 1.76. The first-order valence-corrected chi connectivity index (χ1v) is 8.58. The van der Waals surface area contributed by atoms with E-state index in [9.17, 15) is 4.79 Å². The summed E-state index contributed by atoms with van der Waals surface area (Å²) in [6.07, 6.45) is 2.50. The Kier molecular flexibility index (Phi) is 5.08. The maximum Gasteiger partial charge on any atom is 0.319 e. The normalized spacial score (nSPS) is 16.4. The molecule has 5 heteroatoms. The highest BCUT2D eigenvalue weighted by Crippen LogP contribution is 2.27. The second-order valence-corrected chi connectivity index (χ2v) is 6.45. The highest BCUT2D eigenvalue weighted by molar-refractivity contribution is 7.10. The van der Waals surface area contributed by atoms with Crippen LogP contribution in [0.3, 0.4) is 0 Å². The third-order valence-electron chi connectivity index (χ3n) is 3.94. The Hall–Kier alpha value is -1.85. The van der Waals surface area contributed by atoms with Gasteiger partial charge in [-0.25, -0.2) is 4.79 Å². The van der Waals surface area contributed by atoms with Crippen LogP contribution in [0.5, 0.6) is 0 Å². The van der Waals surface area contributed by atoms with Crippen LogP contribution in [0.1, 0.15) is 23.8 Å². The molecule has 1 aromatic heterocycles. The molecule has 0 unspecified atom stereocenters. The Morgan fingerprint density at radius 1 is 1.14 bits per heavy atom. The van der Waals surface area contributed by atoms with E-state index in [0.717, 1.165) is 18.8 Å². The van der Waals surface area contributed by atoms with Crippen molar-refractivity contribution >= 4 is 23.1 Å². The molecule has 4 nitrogen and oxygen atoms in total.